The minimum atomic E-state index is -5.47. The fourth-order valence-electron chi connectivity index (χ4n) is 6.22. The molecule has 35 heteroatoms. The number of fused-ring (bicyclic) bond motifs is 2. The Hall–Kier alpha value is -6.15. The average molecular weight is 1100 g/mol. The van der Waals surface area contributed by atoms with Crippen LogP contribution in [0.5, 0.6) is 5.75 Å². The molecular formula is C34H29ClN8O20S6. The number of halogens is 1. The summed E-state index contributed by atoms with van der Waals surface area (Å²) >= 11 is 6.10. The van der Waals surface area contributed by atoms with Crippen LogP contribution in [0.15, 0.2) is 108 Å². The first kappa shape index (κ1) is 52.2. The number of sulfone groups is 1. The van der Waals surface area contributed by atoms with Gasteiger partial charge in [0.1, 0.15) is 26.1 Å². The fourth-order valence-corrected chi connectivity index (χ4v) is 10.6. The number of azo groups is 1. The van der Waals surface area contributed by atoms with E-state index in [1.807, 2.05) is 0 Å². The predicted molar refractivity (Wildman–Crippen MR) is 239 cm³/mol. The highest BCUT2D eigenvalue weighted by Gasteiger charge is 2.28. The van der Waals surface area contributed by atoms with Gasteiger partial charge >= 0.3 is 10.4 Å². The van der Waals surface area contributed by atoms with E-state index in [9.17, 15) is 78.6 Å². The Morgan fingerprint density at radius 1 is 0.681 bits per heavy atom. The van der Waals surface area contributed by atoms with Crippen LogP contribution in [0.2, 0.25) is 5.28 Å². The van der Waals surface area contributed by atoms with E-state index < -0.39 is 154 Å². The van der Waals surface area contributed by atoms with E-state index in [0.29, 0.717) is 18.2 Å². The predicted octanol–water partition coefficient (Wildman–Crippen LogP) is 3.72. The summed E-state index contributed by atoms with van der Waals surface area (Å²) in [6.07, 6.45) is -0.343. The summed E-state index contributed by atoms with van der Waals surface area (Å²) in [6.45, 7) is -1.14. The van der Waals surface area contributed by atoms with Crippen LogP contribution in [0.4, 0.5) is 34.6 Å². The van der Waals surface area contributed by atoms with Crippen LogP contribution >= 0.6 is 11.6 Å². The molecule has 1 amide bonds. The molecule has 28 nitrogen and oxygen atoms in total. The van der Waals surface area contributed by atoms with Crippen LogP contribution in [-0.4, -0.2) is 118 Å². The summed E-state index contributed by atoms with van der Waals surface area (Å²) in [4.78, 5) is 20.1. The Bertz CT molecular complexity index is 3850. The van der Waals surface area contributed by atoms with Crippen LogP contribution in [0, 0.1) is 0 Å². The number of phenolic OH excluding ortho intramolecular Hbond substituents is 1. The minimum Gasteiger partial charge on any atom is -0.505 e. The van der Waals surface area contributed by atoms with Gasteiger partial charge in [-0.05, 0) is 65.5 Å². The number of nitrogens with zero attached hydrogens (tertiary/aromatic N) is 5. The monoisotopic (exact) mass is 1100 g/mol. The summed E-state index contributed by atoms with van der Waals surface area (Å²) in [5.74, 6) is -3.64. The van der Waals surface area contributed by atoms with Crippen molar-refractivity contribution in [2.75, 3.05) is 34.9 Å². The second-order valence-corrected chi connectivity index (χ2v) is 22.8. The molecule has 368 valence electrons. The lowest BCUT2D eigenvalue weighted by molar-refractivity contribution is -0.116. The summed E-state index contributed by atoms with van der Waals surface area (Å²) in [7, 11) is -30.0. The van der Waals surface area contributed by atoms with Gasteiger partial charge in [0.05, 0.1) is 27.8 Å². The number of hydrogen-bond donors (Lipinski definition) is 9. The van der Waals surface area contributed by atoms with E-state index in [4.69, 9.17) is 16.2 Å². The zero-order chi connectivity index (χ0) is 51.1. The van der Waals surface area contributed by atoms with Crippen molar-refractivity contribution in [3.63, 3.8) is 0 Å². The van der Waals surface area contributed by atoms with E-state index in [2.05, 4.69) is 45.3 Å². The van der Waals surface area contributed by atoms with Gasteiger partial charge in [0.2, 0.25) is 23.1 Å². The number of benzene rings is 5. The highest BCUT2D eigenvalue weighted by Crippen LogP contribution is 2.46. The second-order valence-electron chi connectivity index (χ2n) is 13.7. The molecule has 0 saturated carbocycles. The topological polar surface area (TPSA) is 452 Å². The van der Waals surface area contributed by atoms with Crippen LogP contribution in [-0.2, 0) is 69.7 Å². The highest BCUT2D eigenvalue weighted by molar-refractivity contribution is 7.91. The molecule has 0 fully saturated rings. The zero-order valence-electron chi connectivity index (χ0n) is 33.7. The van der Waals surface area contributed by atoms with Crippen LogP contribution in [0.1, 0.15) is 6.42 Å². The van der Waals surface area contributed by atoms with Crippen molar-refractivity contribution < 1.29 is 87.4 Å². The lowest BCUT2D eigenvalue weighted by atomic mass is 10.1. The molecule has 0 aliphatic rings. The maximum Gasteiger partial charge on any atom is 0.397 e. The third-order valence-corrected chi connectivity index (χ3v) is 14.9. The Morgan fingerprint density at radius 3 is 1.99 bits per heavy atom. The molecule has 0 bridgehead atoms. The molecule has 6 rings (SSSR count). The van der Waals surface area contributed by atoms with Crippen molar-refractivity contribution in [1.82, 2.24) is 15.0 Å². The van der Waals surface area contributed by atoms with Crippen LogP contribution < -0.4 is 16.0 Å². The molecular weight excluding hydrogens is 1070 g/mol. The lowest BCUT2D eigenvalue weighted by Crippen LogP contribution is -2.18. The zero-order valence-corrected chi connectivity index (χ0v) is 39.4. The number of carbonyl (C=O) groups excluding carboxylic acids is 1. The number of hydrogen-bond acceptors (Lipinski definition) is 22. The molecule has 0 spiro atoms. The Kier molecular flexibility index (Phi) is 14.6. The van der Waals surface area contributed by atoms with Gasteiger partial charge in [0, 0.05) is 34.8 Å². The van der Waals surface area contributed by atoms with Gasteiger partial charge in [-0.3, -0.25) is 27.6 Å². The largest absolute Gasteiger partial charge is 0.505 e. The van der Waals surface area contributed by atoms with Gasteiger partial charge in [0.25, 0.3) is 40.5 Å². The maximum absolute atomic E-state index is 12.8. The number of carbonyl (C=O) groups is 1. The number of anilines is 4. The first-order valence-corrected chi connectivity index (χ1v) is 27.4. The molecule has 0 aliphatic carbocycles. The molecule has 5 aromatic carbocycles. The smallest absolute Gasteiger partial charge is 0.397 e. The van der Waals surface area contributed by atoms with Gasteiger partial charge in [-0.25, -0.2) is 12.6 Å². The van der Waals surface area contributed by atoms with Gasteiger partial charge in [-0.15, -0.1) is 10.2 Å². The average Bonchev–Trinajstić information content (AvgIpc) is 3.20. The molecule has 9 N–H and O–H groups in total. The number of aromatic hydroxyl groups is 1. The van der Waals surface area contributed by atoms with Gasteiger partial charge in [-0.2, -0.15) is 57.0 Å². The number of phenols is 1. The number of rotatable bonds is 18. The molecule has 0 aliphatic heterocycles. The third-order valence-electron chi connectivity index (χ3n) is 9.00. The maximum atomic E-state index is 12.8. The Balaban J connectivity index is 1.33. The molecule has 1 aromatic heterocycles. The van der Waals surface area contributed by atoms with Crippen LogP contribution in [0.25, 0.3) is 21.5 Å². The van der Waals surface area contributed by atoms with Gasteiger partial charge in [-0.1, -0.05) is 24.3 Å². The number of aromatic nitrogens is 3. The first-order chi connectivity index (χ1) is 31.8. The summed E-state index contributed by atoms with van der Waals surface area (Å²) in [6, 6.07) is 11.4. The Morgan fingerprint density at radius 2 is 1.35 bits per heavy atom. The lowest BCUT2D eigenvalue weighted by Gasteiger charge is -2.15. The van der Waals surface area contributed by atoms with Crippen molar-refractivity contribution in [3.05, 3.63) is 78.1 Å². The van der Waals surface area contributed by atoms with Crippen molar-refractivity contribution in [2.24, 2.45) is 10.2 Å². The Labute approximate surface area is 394 Å². The van der Waals surface area contributed by atoms with E-state index in [1.54, 1.807) is 0 Å². The number of nitrogens with one attached hydrogen (secondary N) is 3. The van der Waals surface area contributed by atoms with Crippen molar-refractivity contribution in [2.45, 2.75) is 30.9 Å². The van der Waals surface area contributed by atoms with E-state index in [1.165, 1.54) is 12.1 Å². The van der Waals surface area contributed by atoms with E-state index in [0.717, 1.165) is 42.5 Å². The minimum absolute atomic E-state index is 0.0100. The van der Waals surface area contributed by atoms with Crippen molar-refractivity contribution >= 4 is 134 Å². The highest BCUT2D eigenvalue weighted by atomic mass is 35.5. The molecule has 0 saturated heterocycles. The molecule has 0 unspecified atom stereocenters. The quantitative estimate of drug-likeness (QED) is 0.0437. The van der Waals surface area contributed by atoms with Crippen molar-refractivity contribution in [3.8, 4) is 5.75 Å². The SMILES string of the molecule is O=C(CCNc1nc(Cl)nc(Nc2cc(S(=O)(=O)O)cc3cc(S(=O)(=O)O)c(N=Nc4ccc5c(S(=O)(=O)O)cccc5c4S(=O)(=O)O)c(O)c23)n1)Nc1cccc(S(=O)(=O)CCOS(=O)(=O)O)c1. The third kappa shape index (κ3) is 12.7. The van der Waals surface area contributed by atoms with E-state index in [-0.39, 0.29) is 29.5 Å². The number of amides is 1. The fraction of sp³-hybridized carbons (Fsp3) is 0.118. The summed E-state index contributed by atoms with van der Waals surface area (Å²) < 4.78 is 199. The summed E-state index contributed by atoms with van der Waals surface area (Å²) in [5, 5.41) is 23.9. The molecule has 6 aromatic rings. The standard InChI is InChI=1S/C34H29ClN8O20S6/c35-32-39-33(36-10-9-27(44)37-18-3-1-4-19(15-18)64(46,47)12-11-63-69(60,61)62)41-34(40-32)38-24-16-20(65(48,49)50)13-17-14-26(67(54,55)56)29(30(45)28(17)24)43-42-23-8-7-21-22(31(23)68(57,58)59)5-2-6-25(21)66(51,52)53/h1-8,13-16,45H,9-12H2,(H,37,44)(H,48,49,50)(H,51,52,53)(H,54,55,56)(H,57,58,59)(H,60,61,62)(H2,36,38,39,40,41). The van der Waals surface area contributed by atoms with Crippen LogP contribution in [0.3, 0.4) is 0 Å². The normalized spacial score (nSPS) is 13.0. The summed E-state index contributed by atoms with van der Waals surface area (Å²) in [5.41, 5.74) is -2.49. The van der Waals surface area contributed by atoms with Gasteiger partial charge in [0.15, 0.2) is 15.6 Å². The molecule has 0 radical (unpaired) electrons. The second kappa shape index (κ2) is 19.3. The van der Waals surface area contributed by atoms with Gasteiger partial charge < -0.3 is 21.1 Å². The first-order valence-electron chi connectivity index (χ1n) is 18.2. The molecule has 0 atom stereocenters. The molecule has 1 heterocycles. The van der Waals surface area contributed by atoms with Crippen molar-refractivity contribution in [1.29, 1.82) is 0 Å². The van der Waals surface area contributed by atoms with E-state index >= 15 is 0 Å². The molecule has 69 heavy (non-hydrogen) atoms.